The maximum Gasteiger partial charge on any atom is 0.167 e. The van der Waals surface area contributed by atoms with E-state index >= 15 is 0 Å². The average Bonchev–Trinajstić information content (AvgIpc) is 3.37. The van der Waals surface area contributed by atoms with Crippen molar-refractivity contribution in [3.63, 3.8) is 0 Å². The molecule has 7 heteroatoms. The van der Waals surface area contributed by atoms with Crippen LogP contribution in [0.5, 0.6) is 5.75 Å². The highest BCUT2D eigenvalue weighted by atomic mass is 79.9. The zero-order valence-corrected chi connectivity index (χ0v) is 21.4. The Morgan fingerprint density at radius 3 is 2.00 bits per heavy atom. The maximum absolute atomic E-state index is 6.51. The second-order valence-electron chi connectivity index (χ2n) is 8.69. The smallest absolute Gasteiger partial charge is 0.167 e. The number of unbranched alkanes of at least 4 members (excludes halogenated alkanes) is 1. The lowest BCUT2D eigenvalue weighted by Crippen LogP contribution is -2.36. The molecule has 5 aromatic rings. The summed E-state index contributed by atoms with van der Waals surface area (Å²) in [4.78, 5) is 9.71. The summed E-state index contributed by atoms with van der Waals surface area (Å²) in [6, 6.07) is 15.0. The zero-order chi connectivity index (χ0) is 22.4. The summed E-state index contributed by atoms with van der Waals surface area (Å²) in [5.41, 5.74) is 4.33. The third kappa shape index (κ3) is 4.05. The lowest BCUT2D eigenvalue weighted by Gasteiger charge is -2.26. The number of nitrogens with one attached hydrogen (secondary N) is 2. The number of nitrogens with zero attached hydrogens (tertiary/aromatic N) is 1. The molecular formula is C26H25Br2N3O2. The van der Waals surface area contributed by atoms with E-state index in [1.54, 1.807) is 0 Å². The number of hydrogen-bond donors (Lipinski definition) is 2. The van der Waals surface area contributed by atoms with Crippen LogP contribution in [0.15, 0.2) is 51.4 Å². The number of fused-ring (bicyclic) bond motifs is 6. The monoisotopic (exact) mass is 569 g/mol. The van der Waals surface area contributed by atoms with Crippen molar-refractivity contribution in [1.82, 2.24) is 14.9 Å². The molecule has 5 nitrogen and oxygen atoms in total. The van der Waals surface area contributed by atoms with Crippen LogP contribution in [0.25, 0.3) is 43.6 Å². The third-order valence-electron chi connectivity index (χ3n) is 6.56. The van der Waals surface area contributed by atoms with E-state index in [0.717, 1.165) is 82.5 Å². The van der Waals surface area contributed by atoms with Crippen LogP contribution in [0.1, 0.15) is 12.8 Å². The SMILES string of the molecule is Brc1ccc2[nH]c3c(OCCCCN4CCOCC4)c4[nH]c5ccc(Br)cc5c4cc3c2c1. The first-order valence-electron chi connectivity index (χ1n) is 11.5. The van der Waals surface area contributed by atoms with Crippen LogP contribution in [-0.4, -0.2) is 54.3 Å². The number of aromatic nitrogens is 2. The zero-order valence-electron chi connectivity index (χ0n) is 18.2. The van der Waals surface area contributed by atoms with Gasteiger partial charge in [0.1, 0.15) is 0 Å². The molecule has 33 heavy (non-hydrogen) atoms. The summed E-state index contributed by atoms with van der Waals surface area (Å²) in [5.74, 6) is 0.911. The van der Waals surface area contributed by atoms with Gasteiger partial charge in [-0.3, -0.25) is 4.90 Å². The van der Waals surface area contributed by atoms with Crippen molar-refractivity contribution in [3.8, 4) is 5.75 Å². The Kier molecular flexibility index (Phi) is 5.82. The predicted molar refractivity (Wildman–Crippen MR) is 143 cm³/mol. The van der Waals surface area contributed by atoms with Crippen molar-refractivity contribution in [2.45, 2.75) is 12.8 Å². The van der Waals surface area contributed by atoms with E-state index in [1.807, 2.05) is 0 Å². The average molecular weight is 571 g/mol. The van der Waals surface area contributed by atoms with Gasteiger partial charge >= 0.3 is 0 Å². The lowest BCUT2D eigenvalue weighted by molar-refractivity contribution is 0.0368. The summed E-state index contributed by atoms with van der Waals surface area (Å²) in [6.45, 7) is 5.57. The molecule has 0 amide bonds. The number of aromatic amines is 2. The van der Waals surface area contributed by atoms with Gasteiger partial charge in [0, 0.05) is 54.6 Å². The van der Waals surface area contributed by atoms with E-state index in [1.165, 1.54) is 21.5 Å². The van der Waals surface area contributed by atoms with Crippen molar-refractivity contribution < 1.29 is 9.47 Å². The van der Waals surface area contributed by atoms with E-state index in [2.05, 4.69) is 89.2 Å². The molecule has 0 unspecified atom stereocenters. The molecule has 0 radical (unpaired) electrons. The first-order chi connectivity index (χ1) is 16.2. The molecule has 2 aromatic heterocycles. The van der Waals surface area contributed by atoms with Crippen molar-refractivity contribution in [3.05, 3.63) is 51.4 Å². The van der Waals surface area contributed by atoms with Gasteiger partial charge < -0.3 is 19.4 Å². The molecule has 3 heterocycles. The predicted octanol–water partition coefficient (Wildman–Crippen LogP) is 6.97. The second kappa shape index (κ2) is 8.95. The highest BCUT2D eigenvalue weighted by molar-refractivity contribution is 9.10. The number of morpholine rings is 1. The Labute approximate surface area is 208 Å². The number of halogens is 2. The minimum atomic E-state index is 0.691. The van der Waals surface area contributed by atoms with Crippen LogP contribution in [0.3, 0.4) is 0 Å². The number of H-pyrrole nitrogens is 2. The number of ether oxygens (including phenoxy) is 2. The number of hydrogen-bond acceptors (Lipinski definition) is 3. The Hall–Kier alpha value is -2.06. The Bertz CT molecular complexity index is 1370. The summed E-state index contributed by atoms with van der Waals surface area (Å²) in [7, 11) is 0. The van der Waals surface area contributed by atoms with Gasteiger partial charge in [-0.25, -0.2) is 0 Å². The molecule has 0 atom stereocenters. The van der Waals surface area contributed by atoms with Crippen molar-refractivity contribution in [1.29, 1.82) is 0 Å². The van der Waals surface area contributed by atoms with Gasteiger partial charge in [0.15, 0.2) is 5.75 Å². The molecule has 3 aromatic carbocycles. The maximum atomic E-state index is 6.51. The topological polar surface area (TPSA) is 53.3 Å². The quantitative estimate of drug-likeness (QED) is 0.217. The van der Waals surface area contributed by atoms with Crippen LogP contribution in [0.2, 0.25) is 0 Å². The highest BCUT2D eigenvalue weighted by Crippen LogP contribution is 2.41. The molecule has 1 saturated heterocycles. The van der Waals surface area contributed by atoms with Crippen LogP contribution in [0.4, 0.5) is 0 Å². The molecule has 0 spiro atoms. The second-order valence-corrected chi connectivity index (χ2v) is 10.5. The summed E-state index contributed by atoms with van der Waals surface area (Å²) >= 11 is 7.27. The van der Waals surface area contributed by atoms with Gasteiger partial charge in [-0.1, -0.05) is 31.9 Å². The largest absolute Gasteiger partial charge is 0.489 e. The van der Waals surface area contributed by atoms with Gasteiger partial charge in [-0.05, 0) is 61.9 Å². The van der Waals surface area contributed by atoms with Crippen LogP contribution >= 0.6 is 31.9 Å². The molecule has 0 saturated carbocycles. The molecule has 1 aliphatic heterocycles. The van der Waals surface area contributed by atoms with E-state index in [4.69, 9.17) is 9.47 Å². The molecule has 2 N–H and O–H groups in total. The fourth-order valence-corrected chi connectivity index (χ4v) is 5.60. The number of benzene rings is 3. The van der Waals surface area contributed by atoms with Gasteiger partial charge in [0.25, 0.3) is 0 Å². The van der Waals surface area contributed by atoms with E-state index in [0.29, 0.717) is 6.61 Å². The van der Waals surface area contributed by atoms with Gasteiger partial charge in [0.2, 0.25) is 0 Å². The Morgan fingerprint density at radius 2 is 1.39 bits per heavy atom. The molecule has 1 aliphatic rings. The fraction of sp³-hybridized carbons (Fsp3) is 0.308. The first-order valence-corrected chi connectivity index (χ1v) is 13.0. The standard InChI is InChI=1S/C26H25Br2N3O2/c27-16-3-5-22-18(13-16)20-15-21-19-14-17(28)4-6-23(19)30-25(21)26(24(20)29-22)33-10-2-1-7-31-8-11-32-12-9-31/h3-6,13-15,29-30H,1-2,7-12H2. The van der Waals surface area contributed by atoms with Crippen molar-refractivity contribution >= 4 is 75.5 Å². The fourth-order valence-electron chi connectivity index (χ4n) is 4.88. The van der Waals surface area contributed by atoms with Crippen molar-refractivity contribution in [2.24, 2.45) is 0 Å². The van der Waals surface area contributed by atoms with Gasteiger partial charge in [-0.2, -0.15) is 0 Å². The Balaban J connectivity index is 1.38. The summed E-state index contributed by atoms with van der Waals surface area (Å²) in [6.07, 6.45) is 2.14. The van der Waals surface area contributed by atoms with Crippen LogP contribution in [-0.2, 0) is 4.74 Å². The lowest BCUT2D eigenvalue weighted by atomic mass is 10.1. The van der Waals surface area contributed by atoms with E-state index < -0.39 is 0 Å². The first kappa shape index (κ1) is 21.5. The third-order valence-corrected chi connectivity index (χ3v) is 7.55. The minimum absolute atomic E-state index is 0.691. The van der Waals surface area contributed by atoms with Gasteiger partial charge in [0.05, 0.1) is 30.9 Å². The van der Waals surface area contributed by atoms with Crippen LogP contribution in [0, 0.1) is 0 Å². The molecule has 0 bridgehead atoms. The molecular weight excluding hydrogens is 546 g/mol. The van der Waals surface area contributed by atoms with Crippen molar-refractivity contribution in [2.75, 3.05) is 39.5 Å². The Morgan fingerprint density at radius 1 is 0.788 bits per heavy atom. The molecule has 0 aliphatic carbocycles. The minimum Gasteiger partial charge on any atom is -0.489 e. The number of rotatable bonds is 6. The molecule has 6 rings (SSSR count). The van der Waals surface area contributed by atoms with Gasteiger partial charge in [-0.15, -0.1) is 0 Å². The highest BCUT2D eigenvalue weighted by Gasteiger charge is 2.18. The van der Waals surface area contributed by atoms with E-state index in [9.17, 15) is 0 Å². The van der Waals surface area contributed by atoms with Crippen LogP contribution < -0.4 is 4.74 Å². The normalized spacial score (nSPS) is 15.3. The molecule has 1 fully saturated rings. The summed E-state index contributed by atoms with van der Waals surface area (Å²) < 4.78 is 14.1. The molecule has 170 valence electrons. The summed E-state index contributed by atoms with van der Waals surface area (Å²) in [5, 5.41) is 4.76. The van der Waals surface area contributed by atoms with E-state index in [-0.39, 0.29) is 0 Å².